The zero-order valence-corrected chi connectivity index (χ0v) is 13.3. The maximum absolute atomic E-state index is 6.07. The van der Waals surface area contributed by atoms with Crippen molar-refractivity contribution >= 4 is 0 Å². The fourth-order valence-corrected chi connectivity index (χ4v) is 2.78. The van der Waals surface area contributed by atoms with Gasteiger partial charge in [0, 0.05) is 6.07 Å². The summed E-state index contributed by atoms with van der Waals surface area (Å²) in [6, 6.07) is 8.10. The Kier molecular flexibility index (Phi) is 7.44. The molecule has 0 saturated heterocycles. The van der Waals surface area contributed by atoms with Crippen molar-refractivity contribution < 1.29 is 9.47 Å². The molecule has 1 saturated carbocycles. The molecule has 0 heterocycles. The van der Waals surface area contributed by atoms with Gasteiger partial charge in [-0.25, -0.2) is 0 Å². The molecule has 1 aromatic rings. The van der Waals surface area contributed by atoms with Crippen LogP contribution < -0.4 is 14.8 Å². The third kappa shape index (κ3) is 6.38. The van der Waals surface area contributed by atoms with Crippen molar-refractivity contribution in [2.24, 2.45) is 0 Å². The van der Waals surface area contributed by atoms with Crippen LogP contribution in [0.1, 0.15) is 51.4 Å². The van der Waals surface area contributed by atoms with Crippen molar-refractivity contribution in [3.05, 3.63) is 24.3 Å². The predicted molar refractivity (Wildman–Crippen MR) is 87.2 cm³/mol. The SMILES string of the molecule is CNCCCCCOc1cccc(OC2CCCCC2)c1. The van der Waals surface area contributed by atoms with Crippen molar-refractivity contribution in [1.82, 2.24) is 5.32 Å². The molecule has 0 amide bonds. The van der Waals surface area contributed by atoms with Crippen LogP contribution in [0.15, 0.2) is 24.3 Å². The van der Waals surface area contributed by atoms with Crippen LogP contribution in [-0.4, -0.2) is 26.3 Å². The second-order valence-electron chi connectivity index (χ2n) is 5.87. The second kappa shape index (κ2) is 9.67. The van der Waals surface area contributed by atoms with Gasteiger partial charge in [-0.15, -0.1) is 0 Å². The quantitative estimate of drug-likeness (QED) is 0.693. The van der Waals surface area contributed by atoms with Gasteiger partial charge in [0.2, 0.25) is 0 Å². The van der Waals surface area contributed by atoms with E-state index in [2.05, 4.69) is 5.32 Å². The van der Waals surface area contributed by atoms with Crippen molar-refractivity contribution in [1.29, 1.82) is 0 Å². The summed E-state index contributed by atoms with van der Waals surface area (Å²) < 4.78 is 11.9. The van der Waals surface area contributed by atoms with Gasteiger partial charge in [-0.1, -0.05) is 12.5 Å². The summed E-state index contributed by atoms with van der Waals surface area (Å²) in [6.07, 6.45) is 10.3. The van der Waals surface area contributed by atoms with Crippen LogP contribution in [-0.2, 0) is 0 Å². The Balaban J connectivity index is 1.70. The summed E-state index contributed by atoms with van der Waals surface area (Å²) in [6.45, 7) is 1.88. The average molecular weight is 291 g/mol. The van der Waals surface area contributed by atoms with Crippen LogP contribution in [0.2, 0.25) is 0 Å². The van der Waals surface area contributed by atoms with E-state index in [0.29, 0.717) is 6.10 Å². The predicted octanol–water partition coefficient (Wildman–Crippen LogP) is 4.17. The lowest BCUT2D eigenvalue weighted by Crippen LogP contribution is -2.19. The van der Waals surface area contributed by atoms with E-state index < -0.39 is 0 Å². The Labute approximate surface area is 129 Å². The first-order valence-corrected chi connectivity index (χ1v) is 8.42. The smallest absolute Gasteiger partial charge is 0.123 e. The van der Waals surface area contributed by atoms with E-state index in [-0.39, 0.29) is 0 Å². The summed E-state index contributed by atoms with van der Waals surface area (Å²) >= 11 is 0. The molecule has 0 atom stereocenters. The molecular formula is C18H29NO2. The molecule has 0 bridgehead atoms. The Morgan fingerprint density at radius 2 is 1.86 bits per heavy atom. The first-order chi connectivity index (χ1) is 10.4. The van der Waals surface area contributed by atoms with Crippen LogP contribution in [0.4, 0.5) is 0 Å². The molecule has 1 fully saturated rings. The summed E-state index contributed by atoms with van der Waals surface area (Å²) in [7, 11) is 1.99. The summed E-state index contributed by atoms with van der Waals surface area (Å²) in [5.41, 5.74) is 0. The lowest BCUT2D eigenvalue weighted by atomic mass is 9.98. The van der Waals surface area contributed by atoms with Gasteiger partial charge in [-0.3, -0.25) is 0 Å². The highest BCUT2D eigenvalue weighted by atomic mass is 16.5. The molecule has 21 heavy (non-hydrogen) atoms. The molecular weight excluding hydrogens is 262 g/mol. The van der Waals surface area contributed by atoms with E-state index in [1.165, 1.54) is 44.9 Å². The molecule has 0 radical (unpaired) electrons. The maximum Gasteiger partial charge on any atom is 0.123 e. The number of rotatable bonds is 9. The van der Waals surface area contributed by atoms with Crippen molar-refractivity contribution in [3.63, 3.8) is 0 Å². The molecule has 2 rings (SSSR count). The monoisotopic (exact) mass is 291 g/mol. The molecule has 0 aliphatic heterocycles. The third-order valence-electron chi connectivity index (χ3n) is 4.00. The van der Waals surface area contributed by atoms with Gasteiger partial charge >= 0.3 is 0 Å². The van der Waals surface area contributed by atoms with Crippen LogP contribution in [0.5, 0.6) is 11.5 Å². The van der Waals surface area contributed by atoms with Gasteiger partial charge in [-0.2, -0.15) is 0 Å². The number of nitrogens with one attached hydrogen (secondary N) is 1. The second-order valence-corrected chi connectivity index (χ2v) is 5.87. The minimum absolute atomic E-state index is 0.399. The van der Waals surface area contributed by atoms with Crippen LogP contribution >= 0.6 is 0 Å². The molecule has 118 valence electrons. The summed E-state index contributed by atoms with van der Waals surface area (Å²) in [4.78, 5) is 0. The number of unbranched alkanes of at least 4 members (excludes halogenated alkanes) is 2. The normalized spacial score (nSPS) is 15.9. The Morgan fingerprint density at radius 3 is 2.67 bits per heavy atom. The highest BCUT2D eigenvalue weighted by Gasteiger charge is 2.14. The highest BCUT2D eigenvalue weighted by molar-refractivity contribution is 5.33. The zero-order valence-electron chi connectivity index (χ0n) is 13.3. The van der Waals surface area contributed by atoms with E-state index in [4.69, 9.17) is 9.47 Å². The van der Waals surface area contributed by atoms with Gasteiger partial charge in [0.15, 0.2) is 0 Å². The fraction of sp³-hybridized carbons (Fsp3) is 0.667. The maximum atomic E-state index is 6.07. The Hall–Kier alpha value is -1.22. The first kappa shape index (κ1) is 16.2. The summed E-state index contributed by atoms with van der Waals surface area (Å²) in [5, 5.41) is 3.17. The standard InChI is InChI=1S/C18H29NO2/c1-19-13-6-3-7-14-20-17-11-8-12-18(15-17)21-16-9-4-2-5-10-16/h8,11-12,15-16,19H,2-7,9-10,13-14H2,1H3. The largest absolute Gasteiger partial charge is 0.493 e. The van der Waals surface area contributed by atoms with E-state index in [9.17, 15) is 0 Å². The first-order valence-electron chi connectivity index (χ1n) is 8.42. The molecule has 0 spiro atoms. The zero-order chi connectivity index (χ0) is 14.8. The minimum Gasteiger partial charge on any atom is -0.493 e. The average Bonchev–Trinajstić information content (AvgIpc) is 2.52. The Bertz CT molecular complexity index is 389. The fourth-order valence-electron chi connectivity index (χ4n) is 2.78. The van der Waals surface area contributed by atoms with E-state index in [0.717, 1.165) is 31.1 Å². The van der Waals surface area contributed by atoms with E-state index >= 15 is 0 Å². The van der Waals surface area contributed by atoms with Gasteiger partial charge in [0.1, 0.15) is 11.5 Å². The van der Waals surface area contributed by atoms with Crippen LogP contribution in [0, 0.1) is 0 Å². The topological polar surface area (TPSA) is 30.5 Å². The van der Waals surface area contributed by atoms with Crippen LogP contribution in [0.25, 0.3) is 0 Å². The molecule has 0 unspecified atom stereocenters. The number of benzene rings is 1. The highest BCUT2D eigenvalue weighted by Crippen LogP contribution is 2.26. The van der Waals surface area contributed by atoms with Crippen molar-refractivity contribution in [2.75, 3.05) is 20.2 Å². The number of ether oxygens (including phenoxy) is 2. The molecule has 1 aromatic carbocycles. The van der Waals surface area contributed by atoms with Gasteiger partial charge in [0.05, 0.1) is 12.7 Å². The molecule has 3 nitrogen and oxygen atoms in total. The molecule has 1 N–H and O–H groups in total. The van der Waals surface area contributed by atoms with Crippen LogP contribution in [0.3, 0.4) is 0 Å². The van der Waals surface area contributed by atoms with E-state index in [1.54, 1.807) is 0 Å². The Morgan fingerprint density at radius 1 is 1.05 bits per heavy atom. The number of hydrogen-bond donors (Lipinski definition) is 1. The van der Waals surface area contributed by atoms with Gasteiger partial charge in [-0.05, 0) is 70.7 Å². The van der Waals surface area contributed by atoms with Gasteiger partial charge < -0.3 is 14.8 Å². The lowest BCUT2D eigenvalue weighted by Gasteiger charge is -2.23. The minimum atomic E-state index is 0.399. The molecule has 1 aliphatic carbocycles. The van der Waals surface area contributed by atoms with Crippen molar-refractivity contribution in [3.8, 4) is 11.5 Å². The summed E-state index contributed by atoms with van der Waals surface area (Å²) in [5.74, 6) is 1.88. The number of hydrogen-bond acceptors (Lipinski definition) is 3. The van der Waals surface area contributed by atoms with Gasteiger partial charge in [0.25, 0.3) is 0 Å². The lowest BCUT2D eigenvalue weighted by molar-refractivity contribution is 0.154. The third-order valence-corrected chi connectivity index (χ3v) is 4.00. The van der Waals surface area contributed by atoms with Crippen molar-refractivity contribution in [2.45, 2.75) is 57.5 Å². The molecule has 3 heteroatoms. The van der Waals surface area contributed by atoms with E-state index in [1.807, 2.05) is 31.3 Å². The molecule has 1 aliphatic rings. The molecule has 0 aromatic heterocycles.